The topological polar surface area (TPSA) is 25.8 Å². The first-order valence-electron chi connectivity index (χ1n) is 4.53. The average Bonchev–Trinajstić information content (AvgIpc) is 2.07. The molecule has 0 amide bonds. The molecule has 0 unspecified atom stereocenters. The summed E-state index contributed by atoms with van der Waals surface area (Å²) in [7, 11) is 0. The lowest BCUT2D eigenvalue weighted by atomic mass is 10.2. The Kier molecular flexibility index (Phi) is 3.20. The van der Waals surface area contributed by atoms with Crippen LogP contribution < -0.4 is 0 Å². The van der Waals surface area contributed by atoms with Crippen LogP contribution in [0.15, 0.2) is 6.20 Å². The minimum atomic E-state index is 1.04. The van der Waals surface area contributed by atoms with E-state index in [1.54, 1.807) is 0 Å². The first-order valence-corrected chi connectivity index (χ1v) is 4.53. The van der Waals surface area contributed by atoms with Gasteiger partial charge in [-0.25, -0.2) is 0 Å². The van der Waals surface area contributed by atoms with E-state index in [1.165, 1.54) is 12.8 Å². The second kappa shape index (κ2) is 4.19. The molecular weight excluding hydrogens is 148 g/mol. The van der Waals surface area contributed by atoms with Crippen LogP contribution >= 0.6 is 0 Å². The summed E-state index contributed by atoms with van der Waals surface area (Å²) in [6.07, 6.45) is 5.37. The van der Waals surface area contributed by atoms with E-state index in [9.17, 15) is 0 Å². The average molecular weight is 164 g/mol. The predicted octanol–water partition coefficient (Wildman–Crippen LogP) is 2.44. The molecule has 0 fully saturated rings. The van der Waals surface area contributed by atoms with Gasteiger partial charge in [0.05, 0.1) is 17.1 Å². The van der Waals surface area contributed by atoms with Crippen molar-refractivity contribution in [1.29, 1.82) is 0 Å². The Bertz CT molecular complexity index is 256. The van der Waals surface area contributed by atoms with Crippen molar-refractivity contribution in [2.45, 2.75) is 40.0 Å². The maximum absolute atomic E-state index is 4.45. The van der Waals surface area contributed by atoms with Gasteiger partial charge in [0.25, 0.3) is 0 Å². The van der Waals surface area contributed by atoms with Gasteiger partial charge in [0, 0.05) is 6.20 Å². The van der Waals surface area contributed by atoms with E-state index in [0.717, 1.165) is 23.5 Å². The zero-order valence-electron chi connectivity index (χ0n) is 8.09. The van der Waals surface area contributed by atoms with E-state index in [2.05, 4.69) is 16.9 Å². The Morgan fingerprint density at radius 1 is 1.25 bits per heavy atom. The third-order valence-electron chi connectivity index (χ3n) is 2.03. The van der Waals surface area contributed by atoms with Crippen molar-refractivity contribution in [2.24, 2.45) is 0 Å². The van der Waals surface area contributed by atoms with Crippen LogP contribution in [0.4, 0.5) is 0 Å². The molecule has 0 spiro atoms. The predicted molar refractivity (Wildman–Crippen MR) is 50.1 cm³/mol. The van der Waals surface area contributed by atoms with E-state index in [1.807, 2.05) is 20.0 Å². The van der Waals surface area contributed by atoms with E-state index < -0.39 is 0 Å². The molecule has 0 aromatic carbocycles. The summed E-state index contributed by atoms with van der Waals surface area (Å²) in [5.74, 6) is 0. The largest absolute Gasteiger partial charge is 0.258 e. The monoisotopic (exact) mass is 164 g/mol. The molecule has 2 nitrogen and oxygen atoms in total. The molecule has 0 atom stereocenters. The maximum atomic E-state index is 4.45. The standard InChI is InChI=1S/C10H16N2/c1-4-5-6-10-7-11-8(2)9(3)12-10/h7H,4-6H2,1-3H3. The fraction of sp³-hybridized carbons (Fsp3) is 0.600. The van der Waals surface area contributed by atoms with Gasteiger partial charge >= 0.3 is 0 Å². The van der Waals surface area contributed by atoms with Crippen LogP contribution in [0, 0.1) is 13.8 Å². The molecule has 0 saturated carbocycles. The number of unbranched alkanes of at least 4 members (excludes halogenated alkanes) is 1. The summed E-state index contributed by atoms with van der Waals surface area (Å²) in [4.78, 5) is 8.72. The normalized spacial score (nSPS) is 10.2. The molecule has 1 aromatic heterocycles. The SMILES string of the molecule is CCCCc1cnc(C)c(C)n1. The number of hydrogen-bond donors (Lipinski definition) is 0. The van der Waals surface area contributed by atoms with Crippen molar-refractivity contribution in [3.05, 3.63) is 23.3 Å². The Hall–Kier alpha value is -0.920. The highest BCUT2D eigenvalue weighted by Crippen LogP contribution is 2.04. The van der Waals surface area contributed by atoms with Crippen LogP contribution in [0.1, 0.15) is 36.8 Å². The van der Waals surface area contributed by atoms with Gasteiger partial charge in [0.2, 0.25) is 0 Å². The maximum Gasteiger partial charge on any atom is 0.0590 e. The van der Waals surface area contributed by atoms with E-state index in [4.69, 9.17) is 0 Å². The molecule has 1 rings (SSSR count). The summed E-state index contributed by atoms with van der Waals surface area (Å²) < 4.78 is 0. The summed E-state index contributed by atoms with van der Waals surface area (Å²) in [6, 6.07) is 0. The van der Waals surface area contributed by atoms with Crippen molar-refractivity contribution in [3.8, 4) is 0 Å². The highest BCUT2D eigenvalue weighted by atomic mass is 14.8. The fourth-order valence-corrected chi connectivity index (χ4v) is 1.07. The van der Waals surface area contributed by atoms with Gasteiger partial charge in [-0.05, 0) is 26.7 Å². The van der Waals surface area contributed by atoms with Gasteiger partial charge < -0.3 is 0 Å². The lowest BCUT2D eigenvalue weighted by Crippen LogP contribution is -1.97. The minimum Gasteiger partial charge on any atom is -0.258 e. The second-order valence-corrected chi connectivity index (χ2v) is 3.14. The van der Waals surface area contributed by atoms with Crippen molar-refractivity contribution < 1.29 is 0 Å². The van der Waals surface area contributed by atoms with Crippen LogP contribution in [-0.2, 0) is 6.42 Å². The van der Waals surface area contributed by atoms with Crippen LogP contribution in [0.2, 0.25) is 0 Å². The zero-order chi connectivity index (χ0) is 8.97. The molecule has 12 heavy (non-hydrogen) atoms. The number of aryl methyl sites for hydroxylation is 3. The third kappa shape index (κ3) is 2.29. The second-order valence-electron chi connectivity index (χ2n) is 3.14. The summed E-state index contributed by atoms with van der Waals surface area (Å²) in [5, 5.41) is 0. The van der Waals surface area contributed by atoms with Crippen molar-refractivity contribution >= 4 is 0 Å². The number of rotatable bonds is 3. The van der Waals surface area contributed by atoms with Crippen LogP contribution in [0.3, 0.4) is 0 Å². The quantitative estimate of drug-likeness (QED) is 0.685. The molecule has 0 saturated heterocycles. The van der Waals surface area contributed by atoms with Crippen LogP contribution in [-0.4, -0.2) is 9.97 Å². The minimum absolute atomic E-state index is 1.04. The van der Waals surface area contributed by atoms with E-state index in [0.29, 0.717) is 0 Å². The Morgan fingerprint density at radius 2 is 2.00 bits per heavy atom. The fourth-order valence-electron chi connectivity index (χ4n) is 1.07. The van der Waals surface area contributed by atoms with E-state index in [-0.39, 0.29) is 0 Å². The highest BCUT2D eigenvalue weighted by molar-refractivity contribution is 5.10. The highest BCUT2D eigenvalue weighted by Gasteiger charge is 1.97. The van der Waals surface area contributed by atoms with Gasteiger partial charge in [-0.2, -0.15) is 0 Å². The third-order valence-corrected chi connectivity index (χ3v) is 2.03. The number of hydrogen-bond acceptors (Lipinski definition) is 2. The number of nitrogens with zero attached hydrogens (tertiary/aromatic N) is 2. The van der Waals surface area contributed by atoms with Crippen LogP contribution in [0.25, 0.3) is 0 Å². The molecular formula is C10H16N2. The first kappa shape index (κ1) is 9.17. The molecule has 0 bridgehead atoms. The van der Waals surface area contributed by atoms with Crippen molar-refractivity contribution in [1.82, 2.24) is 9.97 Å². The summed E-state index contributed by atoms with van der Waals surface area (Å²) >= 11 is 0. The molecule has 0 N–H and O–H groups in total. The molecule has 0 aliphatic carbocycles. The Labute approximate surface area is 74.1 Å². The van der Waals surface area contributed by atoms with Gasteiger partial charge in [-0.15, -0.1) is 0 Å². The molecule has 0 radical (unpaired) electrons. The van der Waals surface area contributed by atoms with Crippen LogP contribution in [0.5, 0.6) is 0 Å². The van der Waals surface area contributed by atoms with Gasteiger partial charge in [-0.3, -0.25) is 9.97 Å². The lowest BCUT2D eigenvalue weighted by Gasteiger charge is -2.01. The van der Waals surface area contributed by atoms with Gasteiger partial charge in [0.15, 0.2) is 0 Å². The molecule has 1 aromatic rings. The molecule has 0 aliphatic rings. The Morgan fingerprint density at radius 3 is 2.58 bits per heavy atom. The number of aromatic nitrogens is 2. The Balaban J connectivity index is 2.69. The smallest absolute Gasteiger partial charge is 0.0590 e. The van der Waals surface area contributed by atoms with Crippen molar-refractivity contribution in [3.63, 3.8) is 0 Å². The first-order chi connectivity index (χ1) is 5.74. The molecule has 0 aliphatic heterocycles. The van der Waals surface area contributed by atoms with Gasteiger partial charge in [-0.1, -0.05) is 13.3 Å². The summed E-state index contributed by atoms with van der Waals surface area (Å²) in [6.45, 7) is 6.19. The molecule has 2 heteroatoms. The molecule has 1 heterocycles. The van der Waals surface area contributed by atoms with Gasteiger partial charge in [0.1, 0.15) is 0 Å². The lowest BCUT2D eigenvalue weighted by molar-refractivity contribution is 0.765. The van der Waals surface area contributed by atoms with E-state index >= 15 is 0 Å². The summed E-state index contributed by atoms with van der Waals surface area (Å²) in [5.41, 5.74) is 3.22. The molecule has 66 valence electrons. The zero-order valence-corrected chi connectivity index (χ0v) is 8.09. The van der Waals surface area contributed by atoms with Crippen molar-refractivity contribution in [2.75, 3.05) is 0 Å².